The predicted molar refractivity (Wildman–Crippen MR) is 149 cm³/mol. The van der Waals surface area contributed by atoms with Crippen LogP contribution in [-0.4, -0.2) is 9.97 Å². The summed E-state index contributed by atoms with van der Waals surface area (Å²) in [6.45, 7) is 0. The number of anilines is 3. The lowest BCUT2D eigenvalue weighted by atomic mass is 10.1. The Kier molecular flexibility index (Phi) is 4.16. The lowest BCUT2D eigenvalue weighted by molar-refractivity contribution is 0.668. The van der Waals surface area contributed by atoms with Gasteiger partial charge in [0, 0.05) is 63.4 Å². The Morgan fingerprint density at radius 1 is 0.459 bits per heavy atom. The number of hydrogen-bond donors (Lipinski definition) is 0. The Balaban J connectivity index is 1.40. The van der Waals surface area contributed by atoms with Gasteiger partial charge in [0.15, 0.2) is 0 Å². The van der Waals surface area contributed by atoms with Gasteiger partial charge in [-0.05, 0) is 71.4 Å². The molecule has 0 aliphatic heterocycles. The molecular formula is C32H19N3O2. The van der Waals surface area contributed by atoms with Gasteiger partial charge >= 0.3 is 0 Å². The van der Waals surface area contributed by atoms with Gasteiger partial charge in [-0.3, -0.25) is 9.97 Å². The molecule has 0 aliphatic rings. The van der Waals surface area contributed by atoms with Crippen molar-refractivity contribution < 1.29 is 8.83 Å². The van der Waals surface area contributed by atoms with E-state index in [2.05, 4.69) is 81.6 Å². The maximum Gasteiger partial charge on any atom is 0.138 e. The third kappa shape index (κ3) is 3.11. The lowest BCUT2D eigenvalue weighted by Gasteiger charge is -2.26. The highest BCUT2D eigenvalue weighted by Crippen LogP contribution is 2.41. The average molecular weight is 478 g/mol. The minimum atomic E-state index is 0.832. The molecule has 0 saturated carbocycles. The molecule has 0 radical (unpaired) electrons. The van der Waals surface area contributed by atoms with Crippen LogP contribution in [0.2, 0.25) is 0 Å². The fourth-order valence-corrected chi connectivity index (χ4v) is 5.26. The quantitative estimate of drug-likeness (QED) is 0.254. The number of furan rings is 2. The van der Waals surface area contributed by atoms with Crippen molar-refractivity contribution in [1.82, 2.24) is 9.97 Å². The number of aromatic nitrogens is 2. The second-order valence-electron chi connectivity index (χ2n) is 9.18. The summed E-state index contributed by atoms with van der Waals surface area (Å²) in [5, 5.41) is 6.45. The van der Waals surface area contributed by atoms with E-state index in [1.54, 1.807) is 12.4 Å². The number of pyridine rings is 2. The summed E-state index contributed by atoms with van der Waals surface area (Å²) >= 11 is 0. The number of rotatable bonds is 3. The molecule has 0 fully saturated rings. The first-order chi connectivity index (χ1) is 18.3. The minimum absolute atomic E-state index is 0.832. The topological polar surface area (TPSA) is 55.3 Å². The van der Waals surface area contributed by atoms with Crippen molar-refractivity contribution in [2.75, 3.05) is 4.90 Å². The molecule has 0 N–H and O–H groups in total. The van der Waals surface area contributed by atoms with Crippen LogP contribution < -0.4 is 4.90 Å². The first-order valence-corrected chi connectivity index (χ1v) is 12.1. The van der Waals surface area contributed by atoms with E-state index in [0.717, 1.165) is 60.9 Å². The van der Waals surface area contributed by atoms with Gasteiger partial charge < -0.3 is 13.7 Å². The normalized spacial score (nSPS) is 11.8. The molecule has 174 valence electrons. The molecule has 37 heavy (non-hydrogen) atoms. The van der Waals surface area contributed by atoms with Crippen molar-refractivity contribution in [2.24, 2.45) is 0 Å². The van der Waals surface area contributed by atoms with Gasteiger partial charge in [-0.15, -0.1) is 0 Å². The molecule has 4 heterocycles. The number of fused-ring (bicyclic) bond motifs is 7. The van der Waals surface area contributed by atoms with E-state index in [-0.39, 0.29) is 0 Å². The summed E-state index contributed by atoms with van der Waals surface area (Å²) < 4.78 is 12.1. The highest BCUT2D eigenvalue weighted by atomic mass is 16.3. The molecule has 4 aromatic heterocycles. The number of nitrogens with zero attached hydrogens (tertiary/aromatic N) is 3. The molecule has 0 aliphatic carbocycles. The minimum Gasteiger partial charge on any atom is -0.456 e. The molecule has 0 atom stereocenters. The second kappa shape index (κ2) is 7.67. The van der Waals surface area contributed by atoms with E-state index in [4.69, 9.17) is 8.83 Å². The summed E-state index contributed by atoms with van der Waals surface area (Å²) in [6, 6.07) is 31.4. The number of benzene rings is 4. The van der Waals surface area contributed by atoms with Crippen molar-refractivity contribution in [2.45, 2.75) is 0 Å². The summed E-state index contributed by atoms with van der Waals surface area (Å²) in [5.41, 5.74) is 6.46. The average Bonchev–Trinajstić information content (AvgIpc) is 3.51. The predicted octanol–water partition coefficient (Wildman–Crippen LogP) is 8.90. The van der Waals surface area contributed by atoms with Crippen molar-refractivity contribution in [3.8, 4) is 0 Å². The fraction of sp³-hybridized carbons (Fsp3) is 0. The lowest BCUT2D eigenvalue weighted by Crippen LogP contribution is -2.09. The maximum atomic E-state index is 6.07. The van der Waals surface area contributed by atoms with Crippen LogP contribution in [0.25, 0.3) is 54.6 Å². The highest BCUT2D eigenvalue weighted by Gasteiger charge is 2.18. The van der Waals surface area contributed by atoms with E-state index in [0.29, 0.717) is 0 Å². The van der Waals surface area contributed by atoms with Gasteiger partial charge in [0.05, 0.1) is 0 Å². The molecule has 0 bridgehead atoms. The summed E-state index contributed by atoms with van der Waals surface area (Å²) in [4.78, 5) is 10.9. The molecule has 0 unspecified atom stereocenters. The monoisotopic (exact) mass is 477 g/mol. The summed E-state index contributed by atoms with van der Waals surface area (Å²) in [7, 11) is 0. The third-order valence-corrected chi connectivity index (χ3v) is 7.02. The van der Waals surface area contributed by atoms with Gasteiger partial charge in [-0.2, -0.15) is 0 Å². The van der Waals surface area contributed by atoms with Crippen molar-refractivity contribution in [1.29, 1.82) is 0 Å². The Hall–Kier alpha value is -5.16. The summed E-state index contributed by atoms with van der Waals surface area (Å²) in [5.74, 6) is 0. The van der Waals surface area contributed by atoms with Crippen molar-refractivity contribution in [3.63, 3.8) is 0 Å². The zero-order valence-electron chi connectivity index (χ0n) is 19.6. The molecule has 0 amide bonds. The van der Waals surface area contributed by atoms with Crippen LogP contribution >= 0.6 is 0 Å². The van der Waals surface area contributed by atoms with E-state index in [9.17, 15) is 0 Å². The molecule has 0 spiro atoms. The summed E-state index contributed by atoms with van der Waals surface area (Å²) in [6.07, 6.45) is 7.24. The van der Waals surface area contributed by atoms with E-state index >= 15 is 0 Å². The van der Waals surface area contributed by atoms with Crippen molar-refractivity contribution in [3.05, 3.63) is 116 Å². The first kappa shape index (κ1) is 20.1. The van der Waals surface area contributed by atoms with Crippen molar-refractivity contribution >= 4 is 71.7 Å². The van der Waals surface area contributed by atoms with Crippen LogP contribution in [-0.2, 0) is 0 Å². The molecule has 0 saturated heterocycles. The zero-order chi connectivity index (χ0) is 24.3. The molecule has 4 aromatic carbocycles. The zero-order valence-corrected chi connectivity index (χ0v) is 19.6. The maximum absolute atomic E-state index is 6.07. The fourth-order valence-electron chi connectivity index (χ4n) is 5.26. The smallest absolute Gasteiger partial charge is 0.138 e. The van der Waals surface area contributed by atoms with Crippen LogP contribution in [0.1, 0.15) is 0 Å². The standard InChI is InChI=1S/C32H19N3O2/c1-2-4-21-15-22(6-5-20(21)3-1)35(23-7-9-29-25(16-23)27-18-33-13-11-31(27)36-29)24-8-10-30-26(17-24)28-19-34-14-12-32(28)37-30/h1-19H. The SMILES string of the molecule is c1ccc2cc(N(c3ccc4oc5ccncc5c4c3)c3ccc4oc5ccncc5c4c3)ccc2c1. The van der Waals surface area contributed by atoms with E-state index < -0.39 is 0 Å². The molecule has 5 heteroatoms. The van der Waals surface area contributed by atoms with Crippen LogP contribution in [0.15, 0.2) is 125 Å². The molecule has 8 rings (SSSR count). The van der Waals surface area contributed by atoms with E-state index in [1.165, 1.54) is 10.8 Å². The van der Waals surface area contributed by atoms with Gasteiger partial charge in [0.25, 0.3) is 0 Å². The molecule has 5 nitrogen and oxygen atoms in total. The van der Waals surface area contributed by atoms with Gasteiger partial charge in [0.2, 0.25) is 0 Å². The largest absolute Gasteiger partial charge is 0.456 e. The van der Waals surface area contributed by atoms with Gasteiger partial charge in [-0.1, -0.05) is 30.3 Å². The van der Waals surface area contributed by atoms with Crippen LogP contribution in [0.5, 0.6) is 0 Å². The van der Waals surface area contributed by atoms with Crippen LogP contribution in [0.3, 0.4) is 0 Å². The third-order valence-electron chi connectivity index (χ3n) is 7.02. The van der Waals surface area contributed by atoms with Gasteiger partial charge in [-0.25, -0.2) is 0 Å². The van der Waals surface area contributed by atoms with Crippen LogP contribution in [0, 0.1) is 0 Å². The Morgan fingerprint density at radius 3 is 1.59 bits per heavy atom. The van der Waals surface area contributed by atoms with E-state index in [1.807, 2.05) is 36.7 Å². The Labute approximate surface area is 211 Å². The highest BCUT2D eigenvalue weighted by molar-refractivity contribution is 6.08. The van der Waals surface area contributed by atoms with Gasteiger partial charge in [0.1, 0.15) is 22.3 Å². The number of hydrogen-bond acceptors (Lipinski definition) is 5. The molecular weight excluding hydrogens is 458 g/mol. The first-order valence-electron chi connectivity index (χ1n) is 12.1. The van der Waals surface area contributed by atoms with Crippen LogP contribution in [0.4, 0.5) is 17.1 Å². The Bertz CT molecular complexity index is 2010. The Morgan fingerprint density at radius 2 is 0.973 bits per heavy atom. The molecule has 8 aromatic rings. The second-order valence-corrected chi connectivity index (χ2v) is 9.18.